The van der Waals surface area contributed by atoms with Gasteiger partial charge in [0.05, 0.1) is 50.8 Å². The zero-order valence-electron chi connectivity index (χ0n) is 53.9. The molecule has 8 aliphatic carbocycles. The summed E-state index contributed by atoms with van der Waals surface area (Å²) in [5.41, 5.74) is 0.444. The third kappa shape index (κ3) is 13.0. The highest BCUT2D eigenvalue weighted by Crippen LogP contribution is 2.71. The van der Waals surface area contributed by atoms with Crippen molar-refractivity contribution in [2.75, 3.05) is 12.4 Å². The average Bonchev–Trinajstić information content (AvgIpc) is 2.02. The number of rotatable bonds is 12. The van der Waals surface area contributed by atoms with E-state index in [1.807, 2.05) is 52.0 Å². The van der Waals surface area contributed by atoms with Crippen LogP contribution in [0.5, 0.6) is 0 Å². The zero-order valence-corrected chi connectivity index (χ0v) is 55.5. The van der Waals surface area contributed by atoms with Gasteiger partial charge >= 0.3 is 0 Å². The summed E-state index contributed by atoms with van der Waals surface area (Å²) in [6, 6.07) is 17.9. The van der Waals surface area contributed by atoms with Crippen molar-refractivity contribution in [3.8, 4) is 0 Å². The minimum absolute atomic E-state index is 0.258. The predicted octanol–water partition coefficient (Wildman–Crippen LogP) is 16.4. The highest BCUT2D eigenvalue weighted by molar-refractivity contribution is 7.92. The van der Waals surface area contributed by atoms with E-state index in [0.29, 0.717) is 73.6 Å². The number of benzene rings is 2. The topological polar surface area (TPSA) is 142 Å². The minimum atomic E-state index is -3.56. The second kappa shape index (κ2) is 23.6. The molecule has 11 rings (SSSR count). The second-order valence-corrected chi connectivity index (χ2v) is 37.9. The van der Waals surface area contributed by atoms with E-state index in [1.165, 1.54) is 83.5 Å². The fourth-order valence-electron chi connectivity index (χ4n) is 21.0. The molecule has 21 atom stereocenters. The van der Waals surface area contributed by atoms with Crippen LogP contribution in [-0.2, 0) is 24.4 Å². The Morgan fingerprint density at radius 2 is 0.963 bits per heavy atom. The first-order valence-electron chi connectivity index (χ1n) is 33.4. The van der Waals surface area contributed by atoms with Crippen LogP contribution in [0, 0.1) is 104 Å². The van der Waals surface area contributed by atoms with Crippen molar-refractivity contribution < 1.29 is 36.9 Å². The van der Waals surface area contributed by atoms with Gasteiger partial charge in [0.2, 0.25) is 0 Å². The molecule has 1 saturated heterocycles. The largest absolute Gasteiger partial charge is 0.393 e. The Kier molecular flexibility index (Phi) is 18.6. The first kappa shape index (κ1) is 64.6. The van der Waals surface area contributed by atoms with E-state index < -0.39 is 42.2 Å². The number of ether oxygens (including phenoxy) is 1. The maximum Gasteiger partial charge on any atom is 0.181 e. The smallest absolute Gasteiger partial charge is 0.181 e. The van der Waals surface area contributed by atoms with Gasteiger partial charge in [-0.2, -0.15) is 0 Å². The molecule has 1 heterocycles. The molecule has 2 aromatic carbocycles. The Morgan fingerprint density at radius 3 is 1.38 bits per heavy atom. The monoisotopic (exact) mass is 1170 g/mol. The number of fused-ring (bicyclic) bond motifs is 10. The average molecular weight is 1170 g/mol. The lowest BCUT2D eigenvalue weighted by molar-refractivity contribution is -0.148. The Hall–Kier alpha value is -1.82. The molecule has 1 unspecified atom stereocenters. The van der Waals surface area contributed by atoms with Crippen LogP contribution < -0.4 is 0 Å². The Balaban J connectivity index is 0.000000178. The van der Waals surface area contributed by atoms with Gasteiger partial charge in [0.25, 0.3) is 0 Å². The summed E-state index contributed by atoms with van der Waals surface area (Å²) in [7, 11) is -6.77. The summed E-state index contributed by atoms with van der Waals surface area (Å²) in [6.07, 6.45) is 23.1. The number of aliphatic hydroxyl groups is 3. The quantitative estimate of drug-likeness (QED) is 0.178. The highest BCUT2D eigenvalue weighted by Gasteiger charge is 2.63. The van der Waals surface area contributed by atoms with Crippen molar-refractivity contribution in [2.45, 2.75) is 270 Å². The van der Waals surface area contributed by atoms with Gasteiger partial charge in [-0.15, -0.1) is 0 Å². The summed E-state index contributed by atoms with van der Waals surface area (Å²) in [4.78, 5) is 0.848. The number of aliphatic hydroxyl groups excluding tert-OH is 1. The van der Waals surface area contributed by atoms with E-state index >= 15 is 0 Å². The summed E-state index contributed by atoms with van der Waals surface area (Å²) in [5, 5.41) is 32.1. The third-order valence-corrected chi connectivity index (χ3v) is 30.3. The number of hydrogen-bond donors (Lipinski definition) is 3. The van der Waals surface area contributed by atoms with Gasteiger partial charge in [0, 0.05) is 0 Å². The van der Waals surface area contributed by atoms with Crippen molar-refractivity contribution in [1.82, 2.24) is 0 Å². The van der Waals surface area contributed by atoms with Crippen LogP contribution in [0.15, 0.2) is 70.5 Å². The first-order chi connectivity index (χ1) is 38.1. The van der Waals surface area contributed by atoms with Gasteiger partial charge in [-0.3, -0.25) is 0 Å². The standard InChI is InChI=1S/C36H58O4S.C30H46O3S.C6H12O/c1-24(21-27(22-32(37)33(2,3)4)41(39,40)26-11-9-8-10-12-26)29-15-16-30-28-14-13-25-23-34(5,38)19-20-35(25,6)31(28)17-18-36(29,30)7;1-21(15-19-34(32,33)23-8-6-5-7-9-23)25-12-13-26-24-11-10-22-20-28(2,31)17-18-29(22,3)27(24)14-16-30(25,26)4;1-6(2,3)5-4-7-5/h8-12,24-25,27-32,37-38H,13-23H2,1-7H3;5-9,21-22,24-27,31H,10-20H2,1-4H3;5H,4H2,1-3H3/t24-,25+,27?,28+,29-,30+,31+,32+,34+,35+,36-;21-,22+,24+,25-,26+,27+,28+,29+,30-;5-/m110/s1. The van der Waals surface area contributed by atoms with Crippen LogP contribution in [0.2, 0.25) is 0 Å². The molecule has 0 spiro atoms. The van der Waals surface area contributed by atoms with Crippen LogP contribution >= 0.6 is 0 Å². The molecular weight excluding hydrogens is 1060 g/mol. The Labute approximate surface area is 500 Å². The van der Waals surface area contributed by atoms with Gasteiger partial charge in [0.1, 0.15) is 0 Å². The van der Waals surface area contributed by atoms with Crippen molar-refractivity contribution in [2.24, 2.45) is 104 Å². The van der Waals surface area contributed by atoms with Crippen LogP contribution in [0.1, 0.15) is 232 Å². The lowest BCUT2D eigenvalue weighted by Gasteiger charge is -2.62. The third-order valence-electron chi connectivity index (χ3n) is 26.3. The molecule has 1 aliphatic heterocycles. The van der Waals surface area contributed by atoms with Gasteiger partial charge in [-0.05, 0) is 276 Å². The van der Waals surface area contributed by atoms with E-state index in [4.69, 9.17) is 4.74 Å². The molecule has 0 aromatic heterocycles. The SMILES string of the molecule is CC(C)(C)[C@@H]1CO1.C[C@H](CC(C[C@H](O)C(C)(C)C)S(=O)(=O)c1ccccc1)[C@H]1CC[C@H]2[C@@H]3CC[C@H]4C[C@@](C)(O)CC[C@]4(C)[C@H]3CC[C@]12C.C[C@H](CCS(=O)(=O)c1ccccc1)[C@H]1CC[C@H]2[C@@H]3CC[C@H]4C[C@@](C)(O)CC[C@]4(C)[C@H]3CC[C@]12C. The molecule has 0 radical (unpaired) electrons. The maximum absolute atomic E-state index is 14.0. The number of epoxide rings is 1. The van der Waals surface area contributed by atoms with E-state index in [1.54, 1.807) is 36.4 Å². The fraction of sp³-hybridized carbons (Fsp3) is 0.833. The molecule has 82 heavy (non-hydrogen) atoms. The molecule has 3 N–H and O–H groups in total. The van der Waals surface area contributed by atoms with Crippen molar-refractivity contribution in [3.63, 3.8) is 0 Å². The molecule has 8 saturated carbocycles. The normalized spacial score (nSPS) is 42.1. The molecule has 9 aliphatic rings. The zero-order chi connectivity index (χ0) is 59.9. The molecule has 0 amide bonds. The lowest BCUT2D eigenvalue weighted by Crippen LogP contribution is -2.55. The first-order valence-corrected chi connectivity index (χ1v) is 36.6. The molecular formula is C72H116O8S2. The molecule has 464 valence electrons. The van der Waals surface area contributed by atoms with Crippen molar-refractivity contribution >= 4 is 19.7 Å². The van der Waals surface area contributed by atoms with Crippen LogP contribution in [0.25, 0.3) is 0 Å². The summed E-state index contributed by atoms with van der Waals surface area (Å²) in [6.45, 7) is 32.5. The van der Waals surface area contributed by atoms with E-state index in [2.05, 4.69) is 69.2 Å². The van der Waals surface area contributed by atoms with E-state index in [9.17, 15) is 32.2 Å². The maximum atomic E-state index is 14.0. The van der Waals surface area contributed by atoms with E-state index in [-0.39, 0.29) is 28.9 Å². The summed E-state index contributed by atoms with van der Waals surface area (Å²) >= 11 is 0. The molecule has 8 nitrogen and oxygen atoms in total. The minimum Gasteiger partial charge on any atom is -0.393 e. The number of hydrogen-bond acceptors (Lipinski definition) is 8. The van der Waals surface area contributed by atoms with Crippen LogP contribution in [-0.4, -0.2) is 73.2 Å². The lowest BCUT2D eigenvalue weighted by atomic mass is 9.43. The molecule has 10 heteroatoms. The van der Waals surface area contributed by atoms with Gasteiger partial charge in [0.15, 0.2) is 19.7 Å². The summed E-state index contributed by atoms with van der Waals surface area (Å²) < 4.78 is 58.8. The highest BCUT2D eigenvalue weighted by atomic mass is 32.2. The Bertz CT molecular complexity index is 2690. The van der Waals surface area contributed by atoms with Crippen LogP contribution in [0.3, 0.4) is 0 Å². The van der Waals surface area contributed by atoms with Crippen molar-refractivity contribution in [3.05, 3.63) is 60.7 Å². The Morgan fingerprint density at radius 1 is 0.537 bits per heavy atom. The predicted molar refractivity (Wildman–Crippen MR) is 334 cm³/mol. The van der Waals surface area contributed by atoms with Gasteiger partial charge < -0.3 is 20.1 Å². The fourth-order valence-corrected chi connectivity index (χ4v) is 24.4. The van der Waals surface area contributed by atoms with Crippen LogP contribution in [0.4, 0.5) is 0 Å². The molecule has 2 aromatic rings. The van der Waals surface area contributed by atoms with Gasteiger partial charge in [-0.25, -0.2) is 16.8 Å². The molecule has 0 bridgehead atoms. The molecule has 9 fully saturated rings. The number of sulfone groups is 2. The second-order valence-electron chi connectivity index (χ2n) is 33.6. The van der Waals surface area contributed by atoms with Crippen molar-refractivity contribution in [1.29, 1.82) is 0 Å². The summed E-state index contributed by atoms with van der Waals surface area (Å²) in [5.74, 6) is 8.17. The van der Waals surface area contributed by atoms with E-state index in [0.717, 1.165) is 80.6 Å². The van der Waals surface area contributed by atoms with Gasteiger partial charge in [-0.1, -0.05) is 119 Å².